The Labute approximate surface area is 259 Å². The van der Waals surface area contributed by atoms with Crippen LogP contribution in [-0.4, -0.2) is 89.8 Å². The molecule has 0 aromatic heterocycles. The van der Waals surface area contributed by atoms with Gasteiger partial charge in [0.2, 0.25) is 11.8 Å². The molecule has 0 radical (unpaired) electrons. The summed E-state index contributed by atoms with van der Waals surface area (Å²) < 4.78 is 12.3. The van der Waals surface area contributed by atoms with Crippen molar-refractivity contribution in [3.8, 4) is 5.75 Å². The van der Waals surface area contributed by atoms with Crippen molar-refractivity contribution in [3.05, 3.63) is 85.5 Å². The van der Waals surface area contributed by atoms with Gasteiger partial charge in [0.1, 0.15) is 17.4 Å². The van der Waals surface area contributed by atoms with Gasteiger partial charge in [0.05, 0.1) is 37.2 Å². The van der Waals surface area contributed by atoms with E-state index in [1.165, 1.54) is 4.90 Å². The number of methoxy groups -OCH3 is 1. The number of rotatable bonds is 13. The molecule has 44 heavy (non-hydrogen) atoms. The number of aliphatic hydroxyl groups is 1. The van der Waals surface area contributed by atoms with Crippen molar-refractivity contribution < 1.29 is 29.0 Å². The second-order valence-corrected chi connectivity index (χ2v) is 12.0. The van der Waals surface area contributed by atoms with Crippen LogP contribution < -0.4 is 9.64 Å². The highest BCUT2D eigenvalue weighted by Gasteiger charge is 2.79. The molecule has 9 nitrogen and oxygen atoms in total. The van der Waals surface area contributed by atoms with Gasteiger partial charge < -0.3 is 29.3 Å². The summed E-state index contributed by atoms with van der Waals surface area (Å²) in [7, 11) is 3.28. The van der Waals surface area contributed by atoms with Crippen molar-refractivity contribution in [3.63, 3.8) is 0 Å². The van der Waals surface area contributed by atoms with E-state index in [-0.39, 0.29) is 30.9 Å². The lowest BCUT2D eigenvalue weighted by atomic mass is 9.64. The topological polar surface area (TPSA) is 99.6 Å². The van der Waals surface area contributed by atoms with Crippen molar-refractivity contribution in [2.75, 3.05) is 38.8 Å². The number of hydrogen-bond donors (Lipinski definition) is 1. The number of fused-ring (bicyclic) bond motifs is 1. The van der Waals surface area contributed by atoms with Gasteiger partial charge >= 0.3 is 0 Å². The molecule has 2 bridgehead atoms. The van der Waals surface area contributed by atoms with Crippen molar-refractivity contribution in [2.45, 2.75) is 55.9 Å². The number of benzene rings is 2. The van der Waals surface area contributed by atoms with Crippen LogP contribution in [0.4, 0.5) is 5.69 Å². The van der Waals surface area contributed by atoms with E-state index in [4.69, 9.17) is 9.47 Å². The van der Waals surface area contributed by atoms with Gasteiger partial charge in [-0.05, 0) is 55.5 Å². The number of anilines is 1. The SMILES string of the molecule is C=CCN(C)C(=O)[C@H]1[C@H]2C(=O)N([C@@H](CO)Cc3ccccc3)C(C(=O)N(CC=C)c3ccc(OC)cc3)C23CC[C@]1(CC)O3. The lowest BCUT2D eigenvalue weighted by Gasteiger charge is -2.39. The molecule has 2 aromatic rings. The first-order valence-electron chi connectivity index (χ1n) is 15.3. The number of hydrogen-bond acceptors (Lipinski definition) is 6. The molecule has 0 aliphatic carbocycles. The van der Waals surface area contributed by atoms with Gasteiger partial charge in [0.25, 0.3) is 5.91 Å². The number of aliphatic hydroxyl groups excluding tert-OH is 1. The monoisotopic (exact) mass is 601 g/mol. The van der Waals surface area contributed by atoms with Crippen LogP contribution in [0, 0.1) is 11.8 Å². The predicted octanol–water partition coefficient (Wildman–Crippen LogP) is 3.62. The average molecular weight is 602 g/mol. The van der Waals surface area contributed by atoms with E-state index < -0.39 is 35.1 Å². The lowest BCUT2D eigenvalue weighted by Crippen LogP contribution is -2.59. The first-order valence-corrected chi connectivity index (χ1v) is 15.3. The Kier molecular flexibility index (Phi) is 9.00. The summed E-state index contributed by atoms with van der Waals surface area (Å²) in [6.07, 6.45) is 5.17. The van der Waals surface area contributed by atoms with Crippen LogP contribution >= 0.6 is 0 Å². The molecule has 3 saturated heterocycles. The summed E-state index contributed by atoms with van der Waals surface area (Å²) >= 11 is 0. The molecule has 5 rings (SSSR count). The Morgan fingerprint density at radius 3 is 2.36 bits per heavy atom. The van der Waals surface area contributed by atoms with Crippen LogP contribution in [-0.2, 0) is 25.5 Å². The van der Waals surface area contributed by atoms with Gasteiger partial charge in [0.15, 0.2) is 0 Å². The normalized spacial score (nSPS) is 27.5. The summed E-state index contributed by atoms with van der Waals surface area (Å²) in [6.45, 7) is 9.80. The van der Waals surface area contributed by atoms with Crippen LogP contribution in [0.1, 0.15) is 31.7 Å². The minimum Gasteiger partial charge on any atom is -0.497 e. The third-order valence-electron chi connectivity index (χ3n) is 9.78. The van der Waals surface area contributed by atoms with Crippen molar-refractivity contribution in [1.29, 1.82) is 0 Å². The number of amides is 3. The molecule has 3 fully saturated rings. The molecular formula is C35H43N3O6. The first-order chi connectivity index (χ1) is 21.2. The third kappa shape index (κ3) is 5.02. The largest absolute Gasteiger partial charge is 0.497 e. The minimum absolute atomic E-state index is 0.191. The number of nitrogens with zero attached hydrogens (tertiary/aromatic N) is 3. The van der Waals surface area contributed by atoms with Crippen LogP contribution in [0.5, 0.6) is 5.75 Å². The maximum Gasteiger partial charge on any atom is 0.253 e. The predicted molar refractivity (Wildman–Crippen MR) is 168 cm³/mol. The average Bonchev–Trinajstić information content (AvgIpc) is 3.66. The Morgan fingerprint density at radius 2 is 1.77 bits per heavy atom. The Balaban J connectivity index is 1.64. The molecule has 3 heterocycles. The zero-order valence-electron chi connectivity index (χ0n) is 25.9. The molecular weight excluding hydrogens is 558 g/mol. The van der Waals surface area contributed by atoms with E-state index in [1.807, 2.05) is 37.3 Å². The zero-order valence-corrected chi connectivity index (χ0v) is 25.9. The van der Waals surface area contributed by atoms with Crippen molar-refractivity contribution in [1.82, 2.24) is 9.80 Å². The van der Waals surface area contributed by atoms with E-state index >= 15 is 0 Å². The summed E-state index contributed by atoms with van der Waals surface area (Å²) in [6, 6.07) is 15.0. The molecule has 3 aliphatic rings. The molecule has 2 unspecified atom stereocenters. The molecule has 1 spiro atoms. The van der Waals surface area contributed by atoms with Gasteiger partial charge in [-0.15, -0.1) is 13.2 Å². The fourth-order valence-corrected chi connectivity index (χ4v) is 7.72. The van der Waals surface area contributed by atoms with Crippen LogP contribution in [0.25, 0.3) is 0 Å². The van der Waals surface area contributed by atoms with E-state index in [0.717, 1.165) is 5.56 Å². The number of carbonyl (C=O) groups is 3. The maximum atomic E-state index is 14.9. The lowest BCUT2D eigenvalue weighted by molar-refractivity contribution is -0.153. The van der Waals surface area contributed by atoms with Crippen LogP contribution in [0.2, 0.25) is 0 Å². The molecule has 2 aromatic carbocycles. The zero-order chi connectivity index (χ0) is 31.6. The van der Waals surface area contributed by atoms with Crippen molar-refractivity contribution in [2.24, 2.45) is 11.8 Å². The summed E-state index contributed by atoms with van der Waals surface area (Å²) in [5.41, 5.74) is -0.556. The van der Waals surface area contributed by atoms with Crippen LogP contribution in [0.15, 0.2) is 79.9 Å². The number of carbonyl (C=O) groups excluding carboxylic acids is 3. The van der Waals surface area contributed by atoms with Gasteiger partial charge in [-0.1, -0.05) is 49.4 Å². The summed E-state index contributed by atoms with van der Waals surface area (Å²) in [5, 5.41) is 10.8. The molecule has 3 aliphatic heterocycles. The number of ether oxygens (including phenoxy) is 2. The molecule has 3 amide bonds. The maximum absolute atomic E-state index is 14.9. The van der Waals surface area contributed by atoms with E-state index in [9.17, 15) is 19.5 Å². The van der Waals surface area contributed by atoms with E-state index in [2.05, 4.69) is 13.2 Å². The molecule has 234 valence electrons. The number of likely N-dealkylation sites (N-methyl/N-ethyl adjacent to an activating group) is 1. The minimum atomic E-state index is -1.23. The Bertz CT molecular complexity index is 1400. The summed E-state index contributed by atoms with van der Waals surface area (Å²) in [4.78, 5) is 48.5. The third-order valence-corrected chi connectivity index (χ3v) is 9.78. The second-order valence-electron chi connectivity index (χ2n) is 12.0. The Hall–Kier alpha value is -3.95. The number of likely N-dealkylation sites (tertiary alicyclic amines) is 1. The van der Waals surface area contributed by atoms with Gasteiger partial charge in [-0.2, -0.15) is 0 Å². The highest BCUT2D eigenvalue weighted by molar-refractivity contribution is 6.05. The molecule has 0 saturated carbocycles. The van der Waals surface area contributed by atoms with Gasteiger partial charge in [-0.25, -0.2) is 0 Å². The highest BCUT2D eigenvalue weighted by Crippen LogP contribution is 2.65. The first kappa shape index (κ1) is 31.5. The smallest absolute Gasteiger partial charge is 0.253 e. The Morgan fingerprint density at radius 1 is 1.09 bits per heavy atom. The van der Waals surface area contributed by atoms with Crippen LogP contribution in [0.3, 0.4) is 0 Å². The second kappa shape index (κ2) is 12.6. The van der Waals surface area contributed by atoms with Crippen molar-refractivity contribution >= 4 is 23.4 Å². The quantitative estimate of drug-likeness (QED) is 0.352. The highest BCUT2D eigenvalue weighted by atomic mass is 16.5. The molecule has 1 N–H and O–H groups in total. The fraction of sp³-hybridized carbons (Fsp3) is 0.457. The van der Waals surface area contributed by atoms with Gasteiger partial charge in [0, 0.05) is 25.8 Å². The fourth-order valence-electron chi connectivity index (χ4n) is 7.72. The standard InChI is InChI=1S/C35H43N3O6/c1-6-20-36(4)31(40)28-29-32(41)38(26(23-39)22-24-12-10-9-11-13-24)30(35(29)19-18-34(28,8-3)44-35)33(42)37(21-7-2)25-14-16-27(43-5)17-15-25/h6-7,9-17,26,28-30,39H,1-2,8,18-23H2,3-5H3/t26-,28-,29+,30?,34+,35?/m1/s1. The van der Waals surface area contributed by atoms with Gasteiger partial charge in [-0.3, -0.25) is 14.4 Å². The van der Waals surface area contributed by atoms with E-state index in [1.54, 1.807) is 60.4 Å². The molecule has 9 heteroatoms. The van der Waals surface area contributed by atoms with E-state index in [0.29, 0.717) is 43.7 Å². The molecule has 6 atom stereocenters. The summed E-state index contributed by atoms with van der Waals surface area (Å²) in [5.74, 6) is -1.84.